The first-order valence-electron chi connectivity index (χ1n) is 6.46. The third-order valence-electron chi connectivity index (χ3n) is 3.20. The Morgan fingerprint density at radius 2 is 1.84 bits per heavy atom. The number of rotatable bonds is 3. The van der Waals surface area contributed by atoms with Gasteiger partial charge in [-0.25, -0.2) is 0 Å². The number of benzene rings is 1. The summed E-state index contributed by atoms with van der Waals surface area (Å²) in [5, 5.41) is 2.97. The molecule has 1 fully saturated rings. The third-order valence-corrected chi connectivity index (χ3v) is 3.71. The summed E-state index contributed by atoms with van der Waals surface area (Å²) in [7, 11) is 0. The van der Waals surface area contributed by atoms with E-state index in [9.17, 15) is 9.59 Å². The maximum atomic E-state index is 12.5. The number of piperidine rings is 1. The molecule has 1 aromatic carbocycles. The van der Waals surface area contributed by atoms with Gasteiger partial charge in [-0.2, -0.15) is 0 Å². The average Bonchev–Trinajstić information content (AvgIpc) is 2.48. The van der Waals surface area contributed by atoms with E-state index < -0.39 is 0 Å². The van der Waals surface area contributed by atoms with E-state index in [1.54, 1.807) is 12.1 Å². The number of anilines is 1. The van der Waals surface area contributed by atoms with Crippen LogP contribution in [0.3, 0.4) is 0 Å². The zero-order valence-corrected chi connectivity index (χ0v) is 12.3. The summed E-state index contributed by atoms with van der Waals surface area (Å²) in [5.74, 6) is -0.149. The molecule has 5 heteroatoms. The molecule has 2 rings (SSSR count). The van der Waals surface area contributed by atoms with E-state index in [1.165, 1.54) is 6.42 Å². The van der Waals surface area contributed by atoms with Gasteiger partial charge in [0, 0.05) is 13.1 Å². The minimum absolute atomic E-state index is 0.00479. The Morgan fingerprint density at radius 1 is 1.16 bits per heavy atom. The Morgan fingerprint density at radius 3 is 2.53 bits per heavy atom. The van der Waals surface area contributed by atoms with Gasteiger partial charge in [0.25, 0.3) is 5.91 Å². The van der Waals surface area contributed by atoms with Crippen LogP contribution in [0.4, 0.5) is 5.69 Å². The Balaban J connectivity index is 2.18. The van der Waals surface area contributed by atoms with Gasteiger partial charge in [0.15, 0.2) is 0 Å². The summed E-state index contributed by atoms with van der Waals surface area (Å²) in [6.07, 6.45) is 3.30. The molecular formula is C14H17BrN2O2. The summed E-state index contributed by atoms with van der Waals surface area (Å²) in [6.45, 7) is 1.61. The van der Waals surface area contributed by atoms with Crippen LogP contribution in [-0.2, 0) is 4.79 Å². The van der Waals surface area contributed by atoms with Gasteiger partial charge in [0.1, 0.15) is 0 Å². The van der Waals surface area contributed by atoms with Crippen LogP contribution >= 0.6 is 15.9 Å². The fourth-order valence-electron chi connectivity index (χ4n) is 2.23. The minimum Gasteiger partial charge on any atom is -0.339 e. The van der Waals surface area contributed by atoms with Gasteiger partial charge in [-0.3, -0.25) is 9.59 Å². The van der Waals surface area contributed by atoms with E-state index in [2.05, 4.69) is 21.2 Å². The van der Waals surface area contributed by atoms with Crippen molar-refractivity contribution in [2.24, 2.45) is 0 Å². The highest BCUT2D eigenvalue weighted by atomic mass is 79.9. The van der Waals surface area contributed by atoms with Crippen molar-refractivity contribution in [3.05, 3.63) is 29.8 Å². The van der Waals surface area contributed by atoms with Crippen molar-refractivity contribution >= 4 is 33.4 Å². The Kier molecular flexibility index (Phi) is 4.96. The molecule has 19 heavy (non-hydrogen) atoms. The number of hydrogen-bond acceptors (Lipinski definition) is 2. The lowest BCUT2D eigenvalue weighted by Gasteiger charge is -2.27. The van der Waals surface area contributed by atoms with Crippen LogP contribution in [0.15, 0.2) is 24.3 Å². The summed E-state index contributed by atoms with van der Waals surface area (Å²) >= 11 is 3.10. The molecule has 1 aliphatic heterocycles. The molecule has 0 saturated carbocycles. The average molecular weight is 325 g/mol. The Hall–Kier alpha value is -1.36. The summed E-state index contributed by atoms with van der Waals surface area (Å²) in [4.78, 5) is 25.8. The van der Waals surface area contributed by atoms with E-state index >= 15 is 0 Å². The van der Waals surface area contributed by atoms with Crippen LogP contribution in [-0.4, -0.2) is 35.1 Å². The van der Waals surface area contributed by atoms with Crippen molar-refractivity contribution < 1.29 is 9.59 Å². The Labute approximate surface area is 121 Å². The molecule has 1 saturated heterocycles. The van der Waals surface area contributed by atoms with Crippen LogP contribution in [0, 0.1) is 0 Å². The number of alkyl halides is 1. The van der Waals surface area contributed by atoms with Crippen molar-refractivity contribution in [3.63, 3.8) is 0 Å². The molecule has 102 valence electrons. The lowest BCUT2D eigenvalue weighted by atomic mass is 10.1. The Bertz CT molecular complexity index is 470. The third kappa shape index (κ3) is 3.56. The first-order chi connectivity index (χ1) is 9.22. The highest BCUT2D eigenvalue weighted by Gasteiger charge is 2.20. The first-order valence-corrected chi connectivity index (χ1v) is 7.58. The minimum atomic E-state index is -0.154. The summed E-state index contributed by atoms with van der Waals surface area (Å²) in [6, 6.07) is 7.16. The molecule has 0 aromatic heterocycles. The van der Waals surface area contributed by atoms with Crippen molar-refractivity contribution in [2.45, 2.75) is 19.3 Å². The van der Waals surface area contributed by atoms with Crippen molar-refractivity contribution in [1.29, 1.82) is 0 Å². The number of carbonyl (C=O) groups is 2. The predicted octanol–water partition coefficient (Wildman–Crippen LogP) is 2.65. The molecule has 1 N–H and O–H groups in total. The van der Waals surface area contributed by atoms with Crippen LogP contribution in [0.2, 0.25) is 0 Å². The number of halogens is 1. The fourth-order valence-corrected chi connectivity index (χ4v) is 2.37. The lowest BCUT2D eigenvalue weighted by molar-refractivity contribution is -0.113. The lowest BCUT2D eigenvalue weighted by Crippen LogP contribution is -2.36. The number of carbonyl (C=O) groups excluding carboxylic acids is 2. The topological polar surface area (TPSA) is 49.4 Å². The van der Waals surface area contributed by atoms with Gasteiger partial charge in [-0.05, 0) is 31.4 Å². The summed E-state index contributed by atoms with van der Waals surface area (Å²) < 4.78 is 0. The number of nitrogens with one attached hydrogen (secondary N) is 1. The molecule has 0 unspecified atom stereocenters. The summed E-state index contributed by atoms with van der Waals surface area (Å²) in [5.41, 5.74) is 1.15. The molecule has 0 atom stereocenters. The van der Waals surface area contributed by atoms with Crippen molar-refractivity contribution in [1.82, 2.24) is 4.90 Å². The highest BCUT2D eigenvalue weighted by molar-refractivity contribution is 9.09. The van der Waals surface area contributed by atoms with Crippen LogP contribution in [0.5, 0.6) is 0 Å². The quantitative estimate of drug-likeness (QED) is 0.869. The molecule has 1 aliphatic rings. The first kappa shape index (κ1) is 14.1. The molecule has 0 aliphatic carbocycles. The van der Waals surface area contributed by atoms with Gasteiger partial charge >= 0.3 is 0 Å². The number of amides is 2. The van der Waals surface area contributed by atoms with E-state index in [1.807, 2.05) is 17.0 Å². The molecular weight excluding hydrogens is 308 g/mol. The number of nitrogens with zero attached hydrogens (tertiary/aromatic N) is 1. The van der Waals surface area contributed by atoms with Gasteiger partial charge in [0.2, 0.25) is 5.91 Å². The highest BCUT2D eigenvalue weighted by Crippen LogP contribution is 2.20. The zero-order chi connectivity index (χ0) is 13.7. The largest absolute Gasteiger partial charge is 0.339 e. The monoisotopic (exact) mass is 324 g/mol. The molecule has 0 radical (unpaired) electrons. The van der Waals surface area contributed by atoms with E-state index in [0.29, 0.717) is 11.3 Å². The van der Waals surface area contributed by atoms with Gasteiger partial charge in [0.05, 0.1) is 16.6 Å². The SMILES string of the molecule is O=C(CBr)Nc1ccccc1C(=O)N1CCCCC1. The maximum Gasteiger partial charge on any atom is 0.255 e. The maximum absolute atomic E-state index is 12.5. The number of para-hydroxylation sites is 1. The molecule has 1 aromatic rings. The fraction of sp³-hybridized carbons (Fsp3) is 0.429. The van der Waals surface area contributed by atoms with Gasteiger partial charge in [-0.15, -0.1) is 0 Å². The molecule has 1 heterocycles. The smallest absolute Gasteiger partial charge is 0.255 e. The van der Waals surface area contributed by atoms with Gasteiger partial charge in [-0.1, -0.05) is 28.1 Å². The van der Waals surface area contributed by atoms with E-state index in [-0.39, 0.29) is 17.1 Å². The van der Waals surface area contributed by atoms with E-state index in [4.69, 9.17) is 0 Å². The second-order valence-electron chi connectivity index (χ2n) is 4.58. The molecule has 2 amide bonds. The van der Waals surface area contributed by atoms with Crippen molar-refractivity contribution in [3.8, 4) is 0 Å². The predicted molar refractivity (Wildman–Crippen MR) is 78.6 cm³/mol. The van der Waals surface area contributed by atoms with E-state index in [0.717, 1.165) is 25.9 Å². The number of likely N-dealkylation sites (tertiary alicyclic amines) is 1. The number of hydrogen-bond donors (Lipinski definition) is 1. The van der Waals surface area contributed by atoms with Gasteiger partial charge < -0.3 is 10.2 Å². The standard InChI is InChI=1S/C14H17BrN2O2/c15-10-13(18)16-12-7-3-2-6-11(12)14(19)17-8-4-1-5-9-17/h2-3,6-7H,1,4-5,8-10H2,(H,16,18). The van der Waals surface area contributed by atoms with Crippen LogP contribution in [0.25, 0.3) is 0 Å². The molecule has 4 nitrogen and oxygen atoms in total. The normalized spacial score (nSPS) is 15.1. The van der Waals surface area contributed by atoms with Crippen LogP contribution in [0.1, 0.15) is 29.6 Å². The zero-order valence-electron chi connectivity index (χ0n) is 10.7. The second-order valence-corrected chi connectivity index (χ2v) is 5.14. The second kappa shape index (κ2) is 6.70. The molecule has 0 bridgehead atoms. The van der Waals surface area contributed by atoms with Crippen LogP contribution < -0.4 is 5.32 Å². The van der Waals surface area contributed by atoms with Crippen molar-refractivity contribution in [2.75, 3.05) is 23.7 Å². The molecule has 0 spiro atoms.